The summed E-state index contributed by atoms with van der Waals surface area (Å²) in [5.74, 6) is 0. The second-order valence-electron chi connectivity index (χ2n) is 5.53. The normalized spacial score (nSPS) is 51.7. The van der Waals surface area contributed by atoms with Crippen LogP contribution in [0.25, 0.3) is 0 Å². The van der Waals surface area contributed by atoms with E-state index in [0.717, 1.165) is 0 Å². The van der Waals surface area contributed by atoms with Crippen LogP contribution in [-0.2, 0) is 14.2 Å². The lowest BCUT2D eigenvalue weighted by Crippen LogP contribution is -2.64. The maximum atomic E-state index is 9.94. The molecule has 11 nitrogen and oxygen atoms in total. The zero-order valence-corrected chi connectivity index (χ0v) is 12.0. The summed E-state index contributed by atoms with van der Waals surface area (Å²) in [6.07, 6.45) is -15.6. The molecule has 8 N–H and O–H groups in total. The first kappa shape index (κ1) is 18.9. The van der Waals surface area contributed by atoms with Crippen molar-refractivity contribution in [3.63, 3.8) is 0 Å². The average molecular weight is 342 g/mol. The monoisotopic (exact) mass is 342 g/mol. The van der Waals surface area contributed by atoms with Gasteiger partial charge in [-0.25, -0.2) is 0 Å². The van der Waals surface area contributed by atoms with Crippen molar-refractivity contribution >= 4 is 0 Å². The molecule has 0 amide bonds. The molecule has 0 saturated carbocycles. The molecular weight excluding hydrogens is 320 g/mol. The van der Waals surface area contributed by atoms with Gasteiger partial charge < -0.3 is 55.1 Å². The lowest BCUT2D eigenvalue weighted by Gasteiger charge is -2.44. The number of aliphatic hydroxyl groups is 8. The quantitative estimate of drug-likeness (QED) is 0.243. The lowest BCUT2D eigenvalue weighted by molar-refractivity contribution is -0.361. The van der Waals surface area contributed by atoms with Gasteiger partial charge >= 0.3 is 0 Å². The molecule has 0 aromatic rings. The molecule has 2 aliphatic heterocycles. The Balaban J connectivity index is 2.08. The molecule has 23 heavy (non-hydrogen) atoms. The van der Waals surface area contributed by atoms with Gasteiger partial charge in [0.2, 0.25) is 0 Å². The third kappa shape index (κ3) is 3.65. The SMILES string of the molecule is OC[C@H]1O[C@@H](O)[C@H](OC2O[C@H](CO)[C@@H](O)[C@H](O)[C@H]2O)[C@@H](O)[C@H]1O. The van der Waals surface area contributed by atoms with Crippen LogP contribution in [0, 0.1) is 0 Å². The molecule has 0 aromatic heterocycles. The molecule has 11 heteroatoms. The van der Waals surface area contributed by atoms with E-state index in [1.165, 1.54) is 0 Å². The molecule has 2 rings (SSSR count). The van der Waals surface area contributed by atoms with Crippen molar-refractivity contribution in [1.82, 2.24) is 0 Å². The molecule has 1 unspecified atom stereocenters. The van der Waals surface area contributed by atoms with Gasteiger partial charge in [0.25, 0.3) is 0 Å². The minimum Gasteiger partial charge on any atom is -0.394 e. The van der Waals surface area contributed by atoms with Crippen molar-refractivity contribution in [1.29, 1.82) is 0 Å². The van der Waals surface area contributed by atoms with E-state index in [0.29, 0.717) is 0 Å². The van der Waals surface area contributed by atoms with Crippen molar-refractivity contribution in [2.75, 3.05) is 13.2 Å². The fraction of sp³-hybridized carbons (Fsp3) is 1.00. The predicted molar refractivity (Wildman–Crippen MR) is 68.6 cm³/mol. The number of aliphatic hydroxyl groups excluding tert-OH is 8. The zero-order chi connectivity index (χ0) is 17.3. The van der Waals surface area contributed by atoms with E-state index < -0.39 is 74.6 Å². The molecule has 2 aliphatic rings. The van der Waals surface area contributed by atoms with Gasteiger partial charge in [-0.05, 0) is 0 Å². The molecule has 2 saturated heterocycles. The molecule has 0 bridgehead atoms. The fourth-order valence-electron chi connectivity index (χ4n) is 2.55. The van der Waals surface area contributed by atoms with E-state index in [-0.39, 0.29) is 0 Å². The molecule has 0 radical (unpaired) electrons. The first-order chi connectivity index (χ1) is 10.8. The van der Waals surface area contributed by atoms with Crippen LogP contribution in [0.3, 0.4) is 0 Å². The highest BCUT2D eigenvalue weighted by Gasteiger charge is 2.50. The number of rotatable bonds is 4. The molecule has 2 heterocycles. The van der Waals surface area contributed by atoms with Gasteiger partial charge in [-0.15, -0.1) is 0 Å². The Morgan fingerprint density at radius 3 is 1.74 bits per heavy atom. The highest BCUT2D eigenvalue weighted by molar-refractivity contribution is 4.93. The Morgan fingerprint density at radius 1 is 0.652 bits per heavy atom. The van der Waals surface area contributed by atoms with Gasteiger partial charge in [-0.1, -0.05) is 0 Å². The summed E-state index contributed by atoms with van der Waals surface area (Å²) >= 11 is 0. The summed E-state index contributed by atoms with van der Waals surface area (Å²) in [7, 11) is 0. The zero-order valence-electron chi connectivity index (χ0n) is 12.0. The van der Waals surface area contributed by atoms with Crippen LogP contribution in [0.2, 0.25) is 0 Å². The van der Waals surface area contributed by atoms with E-state index in [4.69, 9.17) is 24.4 Å². The highest BCUT2D eigenvalue weighted by atomic mass is 16.7. The van der Waals surface area contributed by atoms with Crippen molar-refractivity contribution < 1.29 is 55.1 Å². The van der Waals surface area contributed by atoms with Gasteiger partial charge in [0.15, 0.2) is 12.6 Å². The van der Waals surface area contributed by atoms with Crippen molar-refractivity contribution in [3.05, 3.63) is 0 Å². The Hall–Kier alpha value is -0.440. The Labute approximate surface area is 130 Å². The standard InChI is InChI=1S/C12H22O11/c13-1-3-6(16)8(18)10(11(20)21-3)23-12-9(19)7(17)5(15)4(2-14)22-12/h3-20H,1-2H2/t3-,4-,5-,6+,7+,8+,9-,10-,11-,12?/m1/s1. The topological polar surface area (TPSA) is 190 Å². The van der Waals surface area contributed by atoms with Gasteiger partial charge in [0.05, 0.1) is 13.2 Å². The summed E-state index contributed by atoms with van der Waals surface area (Å²) in [6.45, 7) is -1.33. The number of hydrogen-bond donors (Lipinski definition) is 8. The Kier molecular flexibility index (Phi) is 6.27. The lowest BCUT2D eigenvalue weighted by atomic mass is 9.97. The summed E-state index contributed by atoms with van der Waals surface area (Å²) < 4.78 is 15.1. The largest absolute Gasteiger partial charge is 0.394 e. The average Bonchev–Trinajstić information content (AvgIpc) is 2.54. The summed E-state index contributed by atoms with van der Waals surface area (Å²) in [4.78, 5) is 0. The van der Waals surface area contributed by atoms with Gasteiger partial charge in [-0.2, -0.15) is 0 Å². The van der Waals surface area contributed by atoms with Crippen LogP contribution >= 0.6 is 0 Å². The van der Waals surface area contributed by atoms with E-state index in [1.807, 2.05) is 0 Å². The van der Waals surface area contributed by atoms with E-state index in [2.05, 4.69) is 0 Å². The molecule has 0 aliphatic carbocycles. The van der Waals surface area contributed by atoms with Crippen molar-refractivity contribution in [3.8, 4) is 0 Å². The molecule has 0 spiro atoms. The molecule has 2 fully saturated rings. The fourth-order valence-corrected chi connectivity index (χ4v) is 2.55. The molecule has 136 valence electrons. The van der Waals surface area contributed by atoms with E-state index >= 15 is 0 Å². The molecule has 0 aromatic carbocycles. The second kappa shape index (κ2) is 7.63. The molecular formula is C12H22O11. The van der Waals surface area contributed by atoms with Crippen molar-refractivity contribution in [2.24, 2.45) is 0 Å². The van der Waals surface area contributed by atoms with Crippen LogP contribution in [0.1, 0.15) is 0 Å². The Bertz CT molecular complexity index is 380. The first-order valence-corrected chi connectivity index (χ1v) is 7.08. The number of hydrogen-bond acceptors (Lipinski definition) is 11. The Morgan fingerprint density at radius 2 is 1.17 bits per heavy atom. The van der Waals surface area contributed by atoms with E-state index in [1.54, 1.807) is 0 Å². The third-order valence-corrected chi connectivity index (χ3v) is 3.98. The first-order valence-electron chi connectivity index (χ1n) is 7.08. The van der Waals surface area contributed by atoms with Gasteiger partial charge in [-0.3, -0.25) is 0 Å². The maximum Gasteiger partial charge on any atom is 0.187 e. The van der Waals surface area contributed by atoms with E-state index in [9.17, 15) is 30.6 Å². The van der Waals surface area contributed by atoms with Crippen LogP contribution < -0.4 is 0 Å². The highest BCUT2D eigenvalue weighted by Crippen LogP contribution is 2.28. The number of ether oxygens (including phenoxy) is 3. The second-order valence-corrected chi connectivity index (χ2v) is 5.53. The van der Waals surface area contributed by atoms with Crippen molar-refractivity contribution in [2.45, 2.75) is 61.4 Å². The minimum absolute atomic E-state index is 0.651. The van der Waals surface area contributed by atoms with Crippen LogP contribution in [0.4, 0.5) is 0 Å². The van der Waals surface area contributed by atoms with Gasteiger partial charge in [0, 0.05) is 0 Å². The smallest absolute Gasteiger partial charge is 0.187 e. The summed E-state index contributed by atoms with van der Waals surface area (Å²) in [6, 6.07) is 0. The van der Waals surface area contributed by atoms with Crippen LogP contribution in [0.15, 0.2) is 0 Å². The minimum atomic E-state index is -1.75. The van der Waals surface area contributed by atoms with Gasteiger partial charge in [0.1, 0.15) is 48.8 Å². The molecule has 10 atom stereocenters. The maximum absolute atomic E-state index is 9.94. The summed E-state index contributed by atoms with van der Waals surface area (Å²) in [5, 5.41) is 76.7. The van der Waals surface area contributed by atoms with Crippen LogP contribution in [-0.4, -0.2) is 115 Å². The third-order valence-electron chi connectivity index (χ3n) is 3.98. The summed E-state index contributed by atoms with van der Waals surface area (Å²) in [5.41, 5.74) is 0. The van der Waals surface area contributed by atoms with Crippen LogP contribution in [0.5, 0.6) is 0 Å². The predicted octanol–water partition coefficient (Wildman–Crippen LogP) is -5.40.